The summed E-state index contributed by atoms with van der Waals surface area (Å²) in [4.78, 5) is 25.0. The zero-order valence-electron chi connectivity index (χ0n) is 12.8. The molecule has 0 aromatic heterocycles. The fourth-order valence-corrected chi connectivity index (χ4v) is 2.48. The molecule has 0 unspecified atom stereocenters. The van der Waals surface area contributed by atoms with E-state index in [1.807, 2.05) is 0 Å². The third-order valence-corrected chi connectivity index (χ3v) is 3.82. The Labute approximate surface area is 129 Å². The number of methoxy groups -OCH3 is 2. The highest BCUT2D eigenvalue weighted by atomic mass is 16.5. The quantitative estimate of drug-likeness (QED) is 0.880. The van der Waals surface area contributed by atoms with Gasteiger partial charge in [0, 0.05) is 30.8 Å². The number of carbonyl (C=O) groups excluding carboxylic acids is 2. The fourth-order valence-electron chi connectivity index (χ4n) is 2.48. The second-order valence-corrected chi connectivity index (χ2v) is 5.16. The number of benzene rings is 1. The number of nitrogens with two attached hydrogens (primary N) is 1. The van der Waals surface area contributed by atoms with Crippen molar-refractivity contribution in [3.63, 3.8) is 0 Å². The molecule has 0 saturated carbocycles. The predicted molar refractivity (Wildman–Crippen MR) is 82.1 cm³/mol. The van der Waals surface area contributed by atoms with Gasteiger partial charge in [-0.25, -0.2) is 4.79 Å². The molecular formula is C15H21N3O4. The lowest BCUT2D eigenvalue weighted by Gasteiger charge is -2.30. The highest BCUT2D eigenvalue weighted by Crippen LogP contribution is 2.30. The number of ether oxygens (including phenoxy) is 2. The van der Waals surface area contributed by atoms with Crippen LogP contribution in [-0.4, -0.2) is 44.1 Å². The standard InChI is InChI=1S/C15H21N3O4/c1-21-12-4-3-11(9-13(12)22-2)17-15(20)18-7-5-10(6-8-18)14(16)19/h3-4,9-10H,5-8H2,1-2H3,(H2,16,19)(H,17,20). The summed E-state index contributed by atoms with van der Waals surface area (Å²) in [5, 5.41) is 2.82. The number of hydrogen-bond donors (Lipinski definition) is 2. The number of primary amides is 1. The van der Waals surface area contributed by atoms with Crippen molar-refractivity contribution in [1.29, 1.82) is 0 Å². The van der Waals surface area contributed by atoms with E-state index in [-0.39, 0.29) is 17.9 Å². The van der Waals surface area contributed by atoms with Crippen LogP contribution < -0.4 is 20.5 Å². The molecule has 120 valence electrons. The van der Waals surface area contributed by atoms with Crippen molar-refractivity contribution < 1.29 is 19.1 Å². The number of anilines is 1. The van der Waals surface area contributed by atoms with Crippen molar-refractivity contribution in [2.75, 3.05) is 32.6 Å². The van der Waals surface area contributed by atoms with Crippen LogP contribution in [0.25, 0.3) is 0 Å². The Kier molecular flexibility index (Phi) is 5.08. The van der Waals surface area contributed by atoms with Crippen LogP contribution in [0.1, 0.15) is 12.8 Å². The Balaban J connectivity index is 1.96. The number of piperidine rings is 1. The first kappa shape index (κ1) is 15.9. The van der Waals surface area contributed by atoms with Gasteiger partial charge in [0.1, 0.15) is 0 Å². The molecule has 1 fully saturated rings. The molecule has 0 radical (unpaired) electrons. The number of hydrogen-bond acceptors (Lipinski definition) is 4. The zero-order chi connectivity index (χ0) is 16.1. The Morgan fingerprint density at radius 2 is 1.82 bits per heavy atom. The van der Waals surface area contributed by atoms with Crippen LogP contribution in [0.5, 0.6) is 11.5 Å². The number of carbonyl (C=O) groups is 2. The lowest BCUT2D eigenvalue weighted by Crippen LogP contribution is -2.43. The molecule has 1 heterocycles. The van der Waals surface area contributed by atoms with Gasteiger partial charge < -0.3 is 25.4 Å². The van der Waals surface area contributed by atoms with E-state index in [0.717, 1.165) is 0 Å². The maximum absolute atomic E-state index is 12.2. The number of amides is 3. The van der Waals surface area contributed by atoms with Crippen molar-refractivity contribution in [3.8, 4) is 11.5 Å². The summed E-state index contributed by atoms with van der Waals surface area (Å²) in [7, 11) is 3.09. The largest absolute Gasteiger partial charge is 0.493 e. The van der Waals surface area contributed by atoms with Gasteiger partial charge in [-0.15, -0.1) is 0 Å². The van der Waals surface area contributed by atoms with Crippen LogP contribution in [0.15, 0.2) is 18.2 Å². The van der Waals surface area contributed by atoms with Crippen LogP contribution in [0.3, 0.4) is 0 Å². The molecule has 1 aromatic carbocycles. The van der Waals surface area contributed by atoms with Gasteiger partial charge in [0.15, 0.2) is 11.5 Å². The lowest BCUT2D eigenvalue weighted by molar-refractivity contribution is -0.122. The van der Waals surface area contributed by atoms with Crippen LogP contribution in [-0.2, 0) is 4.79 Å². The van der Waals surface area contributed by atoms with Crippen LogP contribution in [0.2, 0.25) is 0 Å². The second kappa shape index (κ2) is 7.02. The average molecular weight is 307 g/mol. The number of rotatable bonds is 4. The van der Waals surface area contributed by atoms with Crippen LogP contribution in [0.4, 0.5) is 10.5 Å². The van der Waals surface area contributed by atoms with E-state index in [1.54, 1.807) is 30.2 Å². The fraction of sp³-hybridized carbons (Fsp3) is 0.467. The molecule has 2 rings (SSSR count). The SMILES string of the molecule is COc1ccc(NC(=O)N2CCC(C(N)=O)CC2)cc1OC. The van der Waals surface area contributed by atoms with Gasteiger partial charge in [-0.3, -0.25) is 4.79 Å². The van der Waals surface area contributed by atoms with Gasteiger partial charge in [-0.1, -0.05) is 0 Å². The summed E-state index contributed by atoms with van der Waals surface area (Å²) in [6.45, 7) is 1.04. The molecule has 1 aromatic rings. The van der Waals surface area contributed by atoms with Crippen molar-refractivity contribution in [3.05, 3.63) is 18.2 Å². The van der Waals surface area contributed by atoms with Gasteiger partial charge in [0.05, 0.1) is 14.2 Å². The van der Waals surface area contributed by atoms with Gasteiger partial charge in [-0.05, 0) is 25.0 Å². The monoisotopic (exact) mass is 307 g/mol. The van der Waals surface area contributed by atoms with E-state index in [0.29, 0.717) is 43.1 Å². The summed E-state index contributed by atoms with van der Waals surface area (Å²) in [5.74, 6) is 0.723. The summed E-state index contributed by atoms with van der Waals surface area (Å²) in [5.41, 5.74) is 5.91. The molecule has 3 N–H and O–H groups in total. The van der Waals surface area contributed by atoms with E-state index in [2.05, 4.69) is 5.32 Å². The van der Waals surface area contributed by atoms with Crippen molar-refractivity contribution in [2.24, 2.45) is 11.7 Å². The summed E-state index contributed by atoms with van der Waals surface area (Å²) < 4.78 is 10.4. The minimum Gasteiger partial charge on any atom is -0.493 e. The molecule has 1 saturated heterocycles. The first-order valence-electron chi connectivity index (χ1n) is 7.12. The topological polar surface area (TPSA) is 93.9 Å². The minimum absolute atomic E-state index is 0.134. The maximum Gasteiger partial charge on any atom is 0.321 e. The van der Waals surface area contributed by atoms with E-state index in [9.17, 15) is 9.59 Å². The van der Waals surface area contributed by atoms with E-state index in [1.165, 1.54) is 7.11 Å². The summed E-state index contributed by atoms with van der Waals surface area (Å²) >= 11 is 0. The first-order valence-corrected chi connectivity index (χ1v) is 7.12. The Morgan fingerprint density at radius 3 is 2.36 bits per heavy atom. The first-order chi connectivity index (χ1) is 10.5. The van der Waals surface area contributed by atoms with E-state index in [4.69, 9.17) is 15.2 Å². The highest BCUT2D eigenvalue weighted by molar-refractivity contribution is 5.90. The number of likely N-dealkylation sites (tertiary alicyclic amines) is 1. The maximum atomic E-state index is 12.2. The molecule has 1 aliphatic heterocycles. The van der Waals surface area contributed by atoms with Gasteiger partial charge in [0.25, 0.3) is 0 Å². The predicted octanol–water partition coefficient (Wildman–Crippen LogP) is 1.43. The smallest absolute Gasteiger partial charge is 0.321 e. The molecule has 0 spiro atoms. The molecule has 0 bridgehead atoms. The molecule has 7 heteroatoms. The lowest BCUT2D eigenvalue weighted by atomic mass is 9.96. The normalized spacial score (nSPS) is 15.3. The molecular weight excluding hydrogens is 286 g/mol. The van der Waals surface area contributed by atoms with Gasteiger partial charge >= 0.3 is 6.03 Å². The van der Waals surface area contributed by atoms with E-state index < -0.39 is 0 Å². The van der Waals surface area contributed by atoms with Crippen LogP contribution >= 0.6 is 0 Å². The molecule has 0 atom stereocenters. The van der Waals surface area contributed by atoms with E-state index >= 15 is 0 Å². The second-order valence-electron chi connectivity index (χ2n) is 5.16. The van der Waals surface area contributed by atoms with Crippen molar-refractivity contribution >= 4 is 17.6 Å². The molecule has 3 amide bonds. The van der Waals surface area contributed by atoms with Gasteiger partial charge in [-0.2, -0.15) is 0 Å². The van der Waals surface area contributed by atoms with Gasteiger partial charge in [0.2, 0.25) is 5.91 Å². The summed E-state index contributed by atoms with van der Waals surface area (Å²) in [6, 6.07) is 4.98. The highest BCUT2D eigenvalue weighted by Gasteiger charge is 2.25. The third kappa shape index (κ3) is 3.60. The number of nitrogens with zero attached hydrogens (tertiary/aromatic N) is 1. The summed E-state index contributed by atoms with van der Waals surface area (Å²) in [6.07, 6.45) is 1.21. The van der Waals surface area contributed by atoms with Crippen LogP contribution in [0, 0.1) is 5.92 Å². The number of urea groups is 1. The average Bonchev–Trinajstić information content (AvgIpc) is 2.54. The van der Waals surface area contributed by atoms with Crippen molar-refractivity contribution in [1.82, 2.24) is 4.90 Å². The minimum atomic E-state index is -0.292. The third-order valence-electron chi connectivity index (χ3n) is 3.82. The molecule has 0 aliphatic carbocycles. The Bertz CT molecular complexity index is 554. The molecule has 1 aliphatic rings. The zero-order valence-corrected chi connectivity index (χ0v) is 12.8. The number of nitrogens with one attached hydrogen (secondary N) is 1. The Hall–Kier alpha value is -2.44. The molecule has 7 nitrogen and oxygen atoms in total. The van der Waals surface area contributed by atoms with Crippen molar-refractivity contribution in [2.45, 2.75) is 12.8 Å². The Morgan fingerprint density at radius 1 is 1.18 bits per heavy atom. The molecule has 22 heavy (non-hydrogen) atoms.